The molecule has 3 heterocycles. The fourth-order valence-corrected chi connectivity index (χ4v) is 7.76. The molecule has 3 saturated heterocycles. The molecule has 0 aromatic carbocycles. The molecule has 0 bridgehead atoms. The molecule has 1 amide bonds. The zero-order valence-electron chi connectivity index (χ0n) is 31.2. The van der Waals surface area contributed by atoms with Crippen LogP contribution in [0.25, 0.3) is 0 Å². The average Bonchev–Trinajstić information content (AvgIpc) is 2.95. The second-order valence-corrected chi connectivity index (χ2v) is 15.7. The lowest BCUT2D eigenvalue weighted by atomic mass is 9.74. The van der Waals surface area contributed by atoms with Gasteiger partial charge in [0.05, 0.1) is 30.4 Å². The first-order valence-corrected chi connectivity index (χ1v) is 17.4. The number of amides is 1. The number of cyclic esters (lactones) is 1. The number of ether oxygens (including phenoxy) is 4. The summed E-state index contributed by atoms with van der Waals surface area (Å²) in [6.07, 6.45) is -0.832. The number of hydrogen-bond donors (Lipinski definition) is 1. The molecule has 0 aromatic heterocycles. The van der Waals surface area contributed by atoms with E-state index in [1.54, 1.807) is 27.9 Å². The van der Waals surface area contributed by atoms with Gasteiger partial charge < -0.3 is 38.8 Å². The molecule has 3 aliphatic rings. The number of carbonyl (C=O) groups excluding carboxylic acids is 3. The number of nitrogens with zero attached hydrogens (tertiary/aromatic N) is 4. The number of likely N-dealkylation sites (tertiary alicyclic amines) is 1. The molecule has 3 aliphatic heterocycles. The number of carbonyl (C=O) groups is 3. The Morgan fingerprint density at radius 1 is 1.06 bits per heavy atom. The molecule has 272 valence electrons. The number of hydrogen-bond acceptors (Lipinski definition) is 11. The van der Waals surface area contributed by atoms with Crippen LogP contribution in [-0.4, -0.2) is 159 Å². The summed E-state index contributed by atoms with van der Waals surface area (Å²) >= 11 is 0. The van der Waals surface area contributed by atoms with Crippen LogP contribution >= 0.6 is 0 Å². The monoisotopic (exact) mass is 668 g/mol. The number of likely N-dealkylation sites (N-methyl/N-ethyl adjacent to an activating group) is 2. The molecule has 12 heteroatoms. The molecule has 1 N–H and O–H groups in total. The molecule has 3 rings (SSSR count). The number of aliphatic hydroxyl groups is 1. The second kappa shape index (κ2) is 16.4. The van der Waals surface area contributed by atoms with E-state index < -0.39 is 41.4 Å². The van der Waals surface area contributed by atoms with Crippen LogP contribution in [0.15, 0.2) is 0 Å². The van der Waals surface area contributed by atoms with E-state index in [2.05, 4.69) is 18.7 Å². The third-order valence-corrected chi connectivity index (χ3v) is 10.5. The maximum absolute atomic E-state index is 14.3. The van der Waals surface area contributed by atoms with Gasteiger partial charge in [-0.25, -0.2) is 0 Å². The molecule has 0 aromatic rings. The van der Waals surface area contributed by atoms with Gasteiger partial charge >= 0.3 is 5.97 Å². The molecule has 3 fully saturated rings. The summed E-state index contributed by atoms with van der Waals surface area (Å²) in [5.74, 6) is -1.37. The lowest BCUT2D eigenvalue weighted by molar-refractivity contribution is -0.295. The molecule has 0 spiro atoms. The van der Waals surface area contributed by atoms with Gasteiger partial charge in [0.15, 0.2) is 12.1 Å². The minimum absolute atomic E-state index is 0.0873. The van der Waals surface area contributed by atoms with Crippen molar-refractivity contribution >= 4 is 17.7 Å². The van der Waals surface area contributed by atoms with E-state index in [-0.39, 0.29) is 48.3 Å². The van der Waals surface area contributed by atoms with Crippen LogP contribution in [0, 0.1) is 23.2 Å². The summed E-state index contributed by atoms with van der Waals surface area (Å²) in [7, 11) is 9.23. The number of Topliss-reactive ketones (excluding diaryl/α,β-unsaturated/α-hetero) is 1. The second-order valence-electron chi connectivity index (χ2n) is 15.7. The molecule has 0 radical (unpaired) electrons. The Bertz CT molecular complexity index is 1070. The smallest absolute Gasteiger partial charge is 0.319 e. The van der Waals surface area contributed by atoms with E-state index in [1.807, 2.05) is 56.7 Å². The lowest BCUT2D eigenvalue weighted by Gasteiger charge is -2.48. The van der Waals surface area contributed by atoms with Crippen LogP contribution in [0.2, 0.25) is 0 Å². The van der Waals surface area contributed by atoms with Gasteiger partial charge in [0.1, 0.15) is 18.1 Å². The Hall–Kier alpha value is -1.67. The zero-order chi connectivity index (χ0) is 35.4. The standard InChI is InChI=1S/C35H64N4O8/c1-13-14-38-17-22(2)16-35(7,44-12)31(47-32-29(41)26(37(10)11)15-23(3)46-32)24(4)30(42)34(5,6)33(43)45-21-27(38)25-18-39(19-25)28(40)20-36(8)9/h22-27,29,31-32,41H,13-21H2,1-12H3/t22-,23-,24+,26+,27+,29-,31-,32+,35-/m1/s1. The van der Waals surface area contributed by atoms with E-state index in [9.17, 15) is 19.5 Å². The highest BCUT2D eigenvalue weighted by Gasteiger charge is 2.52. The van der Waals surface area contributed by atoms with Crippen LogP contribution in [0.3, 0.4) is 0 Å². The highest BCUT2D eigenvalue weighted by Crippen LogP contribution is 2.39. The highest BCUT2D eigenvalue weighted by molar-refractivity contribution is 6.04. The van der Waals surface area contributed by atoms with Crippen molar-refractivity contribution in [3.05, 3.63) is 0 Å². The van der Waals surface area contributed by atoms with Gasteiger partial charge in [-0.3, -0.25) is 19.3 Å². The summed E-state index contributed by atoms with van der Waals surface area (Å²) in [6, 6.07) is -0.297. The van der Waals surface area contributed by atoms with Crippen LogP contribution in [0.4, 0.5) is 0 Å². The van der Waals surface area contributed by atoms with Crippen molar-refractivity contribution < 1.29 is 38.4 Å². The van der Waals surface area contributed by atoms with Crippen LogP contribution in [-0.2, 0) is 33.3 Å². The Labute approximate surface area is 283 Å². The maximum Gasteiger partial charge on any atom is 0.319 e. The number of esters is 1. The van der Waals surface area contributed by atoms with Gasteiger partial charge in [-0.2, -0.15) is 0 Å². The van der Waals surface area contributed by atoms with E-state index in [1.165, 1.54) is 0 Å². The van der Waals surface area contributed by atoms with Crippen molar-refractivity contribution in [2.45, 2.75) is 110 Å². The fraction of sp³-hybridized carbons (Fsp3) is 0.914. The predicted molar refractivity (Wildman–Crippen MR) is 180 cm³/mol. The zero-order valence-corrected chi connectivity index (χ0v) is 31.2. The van der Waals surface area contributed by atoms with Crippen LogP contribution in [0.1, 0.15) is 67.7 Å². The number of ketones is 1. The molecule has 0 saturated carbocycles. The molecule has 9 atom stereocenters. The van der Waals surface area contributed by atoms with Gasteiger partial charge in [0.25, 0.3) is 0 Å². The van der Waals surface area contributed by atoms with Crippen LogP contribution < -0.4 is 0 Å². The minimum Gasteiger partial charge on any atom is -0.463 e. The van der Waals surface area contributed by atoms with Crippen molar-refractivity contribution in [2.24, 2.45) is 23.2 Å². The molecule has 0 aliphatic carbocycles. The highest BCUT2D eigenvalue weighted by atomic mass is 16.7. The summed E-state index contributed by atoms with van der Waals surface area (Å²) in [4.78, 5) is 48.9. The van der Waals surface area contributed by atoms with Crippen LogP contribution in [0.5, 0.6) is 0 Å². The summed E-state index contributed by atoms with van der Waals surface area (Å²) < 4.78 is 25.1. The Morgan fingerprint density at radius 3 is 2.26 bits per heavy atom. The Balaban J connectivity index is 1.98. The maximum atomic E-state index is 14.3. The third kappa shape index (κ3) is 9.32. The Morgan fingerprint density at radius 2 is 1.70 bits per heavy atom. The lowest BCUT2D eigenvalue weighted by Crippen LogP contribution is -2.61. The SMILES string of the molecule is CCCN1C[C@H](C)C[C@@](C)(OC)[C@H](O[C@@H]2O[C@H](C)C[C@H](N(C)C)[C@H]2O)[C@@H](C)C(=O)C(C)(C)C(=O)OC[C@H]1C1CN(C(=O)CN(C)C)C1. The van der Waals surface area contributed by atoms with E-state index in [4.69, 9.17) is 18.9 Å². The number of aliphatic hydroxyl groups excluding tert-OH is 1. The first kappa shape index (κ1) is 39.8. The molecular formula is C35H64N4O8. The van der Waals surface area contributed by atoms with Crippen molar-refractivity contribution in [1.29, 1.82) is 0 Å². The van der Waals surface area contributed by atoms with Gasteiger partial charge in [0.2, 0.25) is 5.91 Å². The number of rotatable bonds is 9. The first-order chi connectivity index (χ1) is 21.9. The molecular weight excluding hydrogens is 604 g/mol. The fourth-order valence-electron chi connectivity index (χ4n) is 7.76. The van der Waals surface area contributed by atoms with Crippen molar-refractivity contribution in [2.75, 3.05) is 74.6 Å². The third-order valence-electron chi connectivity index (χ3n) is 10.5. The minimum atomic E-state index is -1.46. The summed E-state index contributed by atoms with van der Waals surface area (Å²) in [5.41, 5.74) is -2.42. The number of methoxy groups -OCH3 is 1. The molecule has 12 nitrogen and oxygen atoms in total. The van der Waals surface area contributed by atoms with Gasteiger partial charge in [-0.05, 0) is 87.6 Å². The van der Waals surface area contributed by atoms with Crippen molar-refractivity contribution in [3.63, 3.8) is 0 Å². The first-order valence-electron chi connectivity index (χ1n) is 17.4. The van der Waals surface area contributed by atoms with E-state index >= 15 is 0 Å². The molecule has 0 unspecified atom stereocenters. The predicted octanol–water partition coefficient (Wildman–Crippen LogP) is 2.12. The van der Waals surface area contributed by atoms with E-state index in [0.717, 1.165) is 13.0 Å². The summed E-state index contributed by atoms with van der Waals surface area (Å²) in [6.45, 7) is 16.4. The molecule has 47 heavy (non-hydrogen) atoms. The van der Waals surface area contributed by atoms with Gasteiger partial charge in [-0.15, -0.1) is 0 Å². The van der Waals surface area contributed by atoms with E-state index in [0.29, 0.717) is 39.0 Å². The Kier molecular flexibility index (Phi) is 13.8. The largest absolute Gasteiger partial charge is 0.463 e. The average molecular weight is 669 g/mol. The van der Waals surface area contributed by atoms with Crippen molar-refractivity contribution in [3.8, 4) is 0 Å². The van der Waals surface area contributed by atoms with Gasteiger partial charge in [0, 0.05) is 44.6 Å². The topological polar surface area (TPSA) is 121 Å². The van der Waals surface area contributed by atoms with Crippen molar-refractivity contribution in [1.82, 2.24) is 19.6 Å². The summed E-state index contributed by atoms with van der Waals surface area (Å²) in [5, 5.41) is 11.4. The normalized spacial score (nSPS) is 36.8. The quantitative estimate of drug-likeness (QED) is 0.287. The van der Waals surface area contributed by atoms with Gasteiger partial charge in [-0.1, -0.05) is 20.8 Å².